The van der Waals surface area contributed by atoms with Gasteiger partial charge < -0.3 is 9.64 Å². The summed E-state index contributed by atoms with van der Waals surface area (Å²) < 4.78 is 35.4. The van der Waals surface area contributed by atoms with Crippen molar-refractivity contribution in [2.45, 2.75) is 33.2 Å². The summed E-state index contributed by atoms with van der Waals surface area (Å²) in [6.45, 7) is 8.01. The van der Waals surface area contributed by atoms with E-state index >= 15 is 0 Å². The number of fused-ring (bicyclic) bond motifs is 1. The summed E-state index contributed by atoms with van der Waals surface area (Å²) in [5.41, 5.74) is 1.83. The minimum atomic E-state index is -0.671. The molecule has 0 aliphatic carbocycles. The summed E-state index contributed by atoms with van der Waals surface area (Å²) in [5, 5.41) is 0.403. The van der Waals surface area contributed by atoms with Gasteiger partial charge >= 0.3 is 0 Å². The van der Waals surface area contributed by atoms with Crippen molar-refractivity contribution in [1.29, 1.82) is 0 Å². The third kappa shape index (κ3) is 5.34. The molecular formula is C31H33F2N3O2. The number of benzene rings is 3. The Morgan fingerprint density at radius 1 is 1.05 bits per heavy atom. The Morgan fingerprint density at radius 2 is 1.87 bits per heavy atom. The topological polar surface area (TPSA) is 47.4 Å². The first-order valence-corrected chi connectivity index (χ1v) is 13.2. The Labute approximate surface area is 221 Å². The Bertz CT molecular complexity index is 1520. The highest BCUT2D eigenvalue weighted by Gasteiger charge is 2.24. The summed E-state index contributed by atoms with van der Waals surface area (Å²) in [5.74, 6) is 0.760. The lowest BCUT2D eigenvalue weighted by Crippen LogP contribution is -2.40. The molecule has 0 spiro atoms. The van der Waals surface area contributed by atoms with Gasteiger partial charge in [0.05, 0.1) is 23.6 Å². The smallest absolute Gasteiger partial charge is 0.261 e. The van der Waals surface area contributed by atoms with Gasteiger partial charge in [0, 0.05) is 31.3 Å². The zero-order valence-corrected chi connectivity index (χ0v) is 22.1. The second-order valence-corrected chi connectivity index (χ2v) is 10.6. The van der Waals surface area contributed by atoms with Crippen molar-refractivity contribution in [3.8, 4) is 28.3 Å². The maximum atomic E-state index is 14.6. The number of hydrogen-bond donors (Lipinski definition) is 0. The number of aromatic nitrogens is 2. The van der Waals surface area contributed by atoms with E-state index in [-0.39, 0.29) is 11.1 Å². The second kappa shape index (κ2) is 11.0. The molecule has 1 aliphatic rings. The van der Waals surface area contributed by atoms with Crippen molar-refractivity contribution in [3.05, 3.63) is 82.7 Å². The zero-order valence-electron chi connectivity index (χ0n) is 22.1. The molecule has 4 aromatic rings. The van der Waals surface area contributed by atoms with Gasteiger partial charge in [0.1, 0.15) is 23.2 Å². The monoisotopic (exact) mass is 517 g/mol. The van der Waals surface area contributed by atoms with Crippen LogP contribution in [0.1, 0.15) is 26.7 Å². The van der Waals surface area contributed by atoms with Gasteiger partial charge in [0.2, 0.25) is 0 Å². The summed E-state index contributed by atoms with van der Waals surface area (Å²) in [6.07, 6.45) is 2.12. The first-order valence-electron chi connectivity index (χ1n) is 13.2. The van der Waals surface area contributed by atoms with Crippen molar-refractivity contribution < 1.29 is 13.5 Å². The van der Waals surface area contributed by atoms with Crippen molar-refractivity contribution in [2.75, 3.05) is 26.7 Å². The molecule has 1 fully saturated rings. The van der Waals surface area contributed by atoms with Gasteiger partial charge in [-0.05, 0) is 73.2 Å². The molecule has 0 amide bonds. The number of methoxy groups -OCH3 is 1. The second-order valence-electron chi connectivity index (χ2n) is 10.6. The van der Waals surface area contributed by atoms with E-state index in [1.807, 2.05) is 24.3 Å². The number of likely N-dealkylation sites (tertiary alicyclic amines) is 1. The summed E-state index contributed by atoms with van der Waals surface area (Å²) in [7, 11) is 1.61. The molecule has 0 N–H and O–H groups in total. The van der Waals surface area contributed by atoms with E-state index in [4.69, 9.17) is 9.72 Å². The molecular weight excluding hydrogens is 484 g/mol. The van der Waals surface area contributed by atoms with E-state index in [9.17, 15) is 13.6 Å². The molecule has 1 saturated heterocycles. The van der Waals surface area contributed by atoms with Crippen LogP contribution in [0.2, 0.25) is 0 Å². The van der Waals surface area contributed by atoms with Gasteiger partial charge in [-0.3, -0.25) is 9.36 Å². The number of rotatable bonds is 7. The average Bonchev–Trinajstić information content (AvgIpc) is 2.90. The van der Waals surface area contributed by atoms with Crippen LogP contribution < -0.4 is 10.3 Å². The van der Waals surface area contributed by atoms with Gasteiger partial charge in [0.15, 0.2) is 0 Å². The van der Waals surface area contributed by atoms with Gasteiger partial charge in [-0.25, -0.2) is 13.8 Å². The van der Waals surface area contributed by atoms with E-state index in [0.717, 1.165) is 44.1 Å². The van der Waals surface area contributed by atoms with E-state index in [1.54, 1.807) is 29.9 Å². The van der Waals surface area contributed by atoms with Gasteiger partial charge in [0.25, 0.3) is 5.56 Å². The Morgan fingerprint density at radius 3 is 2.63 bits per heavy atom. The average molecular weight is 518 g/mol. The number of ether oxygens (including phenoxy) is 1. The Balaban J connectivity index is 1.64. The first-order chi connectivity index (χ1) is 18.3. The molecule has 5 nitrogen and oxygen atoms in total. The number of piperidine rings is 1. The van der Waals surface area contributed by atoms with Crippen LogP contribution in [-0.2, 0) is 6.54 Å². The molecule has 2 heterocycles. The predicted octanol–water partition coefficient (Wildman–Crippen LogP) is 6.39. The first kappa shape index (κ1) is 26.0. The van der Waals surface area contributed by atoms with E-state index in [0.29, 0.717) is 46.4 Å². The lowest BCUT2D eigenvalue weighted by Gasteiger charge is -2.34. The molecule has 3 aromatic carbocycles. The maximum Gasteiger partial charge on any atom is 0.261 e. The van der Waals surface area contributed by atoms with Crippen LogP contribution in [0.4, 0.5) is 8.78 Å². The number of halogens is 2. The highest BCUT2D eigenvalue weighted by Crippen LogP contribution is 2.31. The highest BCUT2D eigenvalue weighted by molar-refractivity contribution is 5.85. The largest absolute Gasteiger partial charge is 0.496 e. The SMILES string of the molecule is COc1ccccc1-c1nc2ccc(-c3ccc(F)cc3F)cc2c(=O)n1CC1CCCN(CC(C)C)C1. The fourth-order valence-electron chi connectivity index (χ4n) is 5.56. The zero-order chi connectivity index (χ0) is 26.8. The molecule has 1 atom stereocenters. The van der Waals surface area contributed by atoms with E-state index in [2.05, 4.69) is 18.7 Å². The van der Waals surface area contributed by atoms with Crippen molar-refractivity contribution >= 4 is 10.9 Å². The summed E-state index contributed by atoms with van der Waals surface area (Å²) >= 11 is 0. The summed E-state index contributed by atoms with van der Waals surface area (Å²) in [4.78, 5) is 21.5. The molecule has 198 valence electrons. The number of hydrogen-bond acceptors (Lipinski definition) is 4. The molecule has 5 rings (SSSR count). The lowest BCUT2D eigenvalue weighted by atomic mass is 9.96. The molecule has 38 heavy (non-hydrogen) atoms. The minimum absolute atomic E-state index is 0.179. The van der Waals surface area contributed by atoms with Crippen molar-refractivity contribution in [2.24, 2.45) is 11.8 Å². The van der Waals surface area contributed by atoms with Crippen LogP contribution in [0, 0.1) is 23.5 Å². The molecule has 1 aromatic heterocycles. The summed E-state index contributed by atoms with van der Waals surface area (Å²) in [6, 6.07) is 16.1. The fraction of sp³-hybridized carbons (Fsp3) is 0.355. The standard InChI is InChI=1S/C31H33F2N3O2/c1-20(2)17-35-14-6-7-21(18-35)19-36-30(25-8-4-5-9-29(25)38-3)34-28-13-10-22(15-26(28)31(36)37)24-12-11-23(32)16-27(24)33/h4-5,8-13,15-16,20-21H,6-7,14,17-19H2,1-3H3. The normalized spacial score (nSPS) is 16.3. The Kier molecular flexibility index (Phi) is 7.56. The molecule has 0 bridgehead atoms. The van der Waals surface area contributed by atoms with Crippen molar-refractivity contribution in [3.63, 3.8) is 0 Å². The quantitative estimate of drug-likeness (QED) is 0.285. The van der Waals surface area contributed by atoms with Gasteiger partial charge in [-0.15, -0.1) is 0 Å². The van der Waals surface area contributed by atoms with Gasteiger partial charge in [-0.1, -0.05) is 32.0 Å². The van der Waals surface area contributed by atoms with Crippen LogP contribution in [-0.4, -0.2) is 41.2 Å². The van der Waals surface area contributed by atoms with E-state index < -0.39 is 11.6 Å². The van der Waals surface area contributed by atoms with Crippen LogP contribution in [0.15, 0.2) is 65.5 Å². The number of para-hydroxylation sites is 1. The molecule has 7 heteroatoms. The lowest BCUT2D eigenvalue weighted by molar-refractivity contribution is 0.148. The van der Waals surface area contributed by atoms with Gasteiger partial charge in [-0.2, -0.15) is 0 Å². The fourth-order valence-corrected chi connectivity index (χ4v) is 5.56. The predicted molar refractivity (Wildman–Crippen MR) is 147 cm³/mol. The highest BCUT2D eigenvalue weighted by atomic mass is 19.1. The molecule has 1 unspecified atom stereocenters. The number of nitrogens with zero attached hydrogens (tertiary/aromatic N) is 3. The molecule has 1 aliphatic heterocycles. The minimum Gasteiger partial charge on any atom is -0.496 e. The van der Waals surface area contributed by atoms with Crippen molar-refractivity contribution in [1.82, 2.24) is 14.5 Å². The van der Waals surface area contributed by atoms with Crippen LogP contribution in [0.5, 0.6) is 5.75 Å². The third-order valence-electron chi connectivity index (χ3n) is 7.21. The van der Waals surface area contributed by atoms with Crippen LogP contribution in [0.3, 0.4) is 0 Å². The van der Waals surface area contributed by atoms with E-state index in [1.165, 1.54) is 12.1 Å². The van der Waals surface area contributed by atoms with Crippen LogP contribution in [0.25, 0.3) is 33.4 Å². The third-order valence-corrected chi connectivity index (χ3v) is 7.21. The molecule has 0 radical (unpaired) electrons. The van der Waals surface area contributed by atoms with Crippen LogP contribution >= 0.6 is 0 Å². The maximum absolute atomic E-state index is 14.6. The Hall–Kier alpha value is -3.58. The molecule has 0 saturated carbocycles.